The second-order valence-electron chi connectivity index (χ2n) is 5.91. The molecule has 150 valence electrons. The molecular formula is C19H14ClF3N4O2. The third kappa shape index (κ3) is 5.20. The Labute approximate surface area is 168 Å². The quantitative estimate of drug-likeness (QED) is 0.640. The summed E-state index contributed by atoms with van der Waals surface area (Å²) < 4.78 is 43.7. The molecule has 0 aliphatic rings. The first kappa shape index (κ1) is 20.5. The number of hydrogen-bond acceptors (Lipinski definition) is 5. The zero-order valence-electron chi connectivity index (χ0n) is 14.9. The monoisotopic (exact) mass is 422 g/mol. The molecule has 0 aliphatic heterocycles. The van der Waals surface area contributed by atoms with Crippen LogP contribution in [0.15, 0.2) is 55.0 Å². The van der Waals surface area contributed by atoms with Crippen molar-refractivity contribution in [1.82, 2.24) is 15.0 Å². The van der Waals surface area contributed by atoms with Crippen LogP contribution in [0.2, 0.25) is 5.02 Å². The Bertz CT molecular complexity index is 999. The standard InChI is InChI=1S/C19H14ClF3N4O2/c1-11(19(21,22)23)29-18-16(12-4-6-14(20)7-5-12)26-15(10-25-18)27-17(28)13-3-2-8-24-9-13/h2-11H,1H3,(H,26,27,28). The number of ether oxygens (including phenoxy) is 1. The van der Waals surface area contributed by atoms with Crippen LogP contribution in [0.4, 0.5) is 19.0 Å². The van der Waals surface area contributed by atoms with Gasteiger partial charge >= 0.3 is 6.18 Å². The summed E-state index contributed by atoms with van der Waals surface area (Å²) in [5.41, 5.74) is 0.735. The van der Waals surface area contributed by atoms with Gasteiger partial charge in [-0.3, -0.25) is 9.78 Å². The van der Waals surface area contributed by atoms with Gasteiger partial charge in [0.2, 0.25) is 5.88 Å². The predicted molar refractivity (Wildman–Crippen MR) is 101 cm³/mol. The summed E-state index contributed by atoms with van der Waals surface area (Å²) >= 11 is 5.87. The highest BCUT2D eigenvalue weighted by atomic mass is 35.5. The van der Waals surface area contributed by atoms with Gasteiger partial charge in [-0.15, -0.1) is 0 Å². The third-order valence-electron chi connectivity index (χ3n) is 3.77. The van der Waals surface area contributed by atoms with Crippen LogP contribution in [0.3, 0.4) is 0 Å². The normalized spacial score (nSPS) is 12.3. The Morgan fingerprint density at radius 1 is 1.17 bits per heavy atom. The fourth-order valence-corrected chi connectivity index (χ4v) is 2.37. The lowest BCUT2D eigenvalue weighted by atomic mass is 10.1. The molecular weight excluding hydrogens is 409 g/mol. The minimum Gasteiger partial charge on any atom is -0.463 e. The highest BCUT2D eigenvalue weighted by Crippen LogP contribution is 2.32. The van der Waals surface area contributed by atoms with E-state index in [1.54, 1.807) is 36.4 Å². The van der Waals surface area contributed by atoms with Crippen molar-refractivity contribution in [3.8, 4) is 17.1 Å². The molecule has 1 N–H and O–H groups in total. The van der Waals surface area contributed by atoms with Gasteiger partial charge in [0.05, 0.1) is 11.8 Å². The fraction of sp³-hybridized carbons (Fsp3) is 0.158. The third-order valence-corrected chi connectivity index (χ3v) is 4.02. The molecule has 29 heavy (non-hydrogen) atoms. The van der Waals surface area contributed by atoms with Gasteiger partial charge in [-0.2, -0.15) is 13.2 Å². The number of aromatic nitrogens is 3. The van der Waals surface area contributed by atoms with Crippen molar-refractivity contribution < 1.29 is 22.7 Å². The average molecular weight is 423 g/mol. The first-order valence-electron chi connectivity index (χ1n) is 8.32. The molecule has 0 saturated carbocycles. The van der Waals surface area contributed by atoms with E-state index in [4.69, 9.17) is 16.3 Å². The SMILES string of the molecule is CC(Oc1ncc(NC(=O)c2cccnc2)nc1-c1ccc(Cl)cc1)C(F)(F)F. The van der Waals surface area contributed by atoms with E-state index in [9.17, 15) is 18.0 Å². The number of nitrogens with zero attached hydrogens (tertiary/aromatic N) is 3. The minimum atomic E-state index is -4.58. The number of hydrogen-bond donors (Lipinski definition) is 1. The summed E-state index contributed by atoms with van der Waals surface area (Å²) in [7, 11) is 0. The van der Waals surface area contributed by atoms with E-state index in [1.807, 2.05) is 0 Å². The molecule has 3 rings (SSSR count). The second kappa shape index (κ2) is 8.44. The number of pyridine rings is 1. The zero-order chi connectivity index (χ0) is 21.0. The predicted octanol–water partition coefficient (Wildman–Crippen LogP) is 4.77. The van der Waals surface area contributed by atoms with Gasteiger partial charge < -0.3 is 10.1 Å². The molecule has 0 bridgehead atoms. The van der Waals surface area contributed by atoms with Crippen LogP contribution < -0.4 is 10.1 Å². The summed E-state index contributed by atoms with van der Waals surface area (Å²) in [6.45, 7) is 0.866. The first-order valence-corrected chi connectivity index (χ1v) is 8.69. The molecule has 3 aromatic rings. The second-order valence-corrected chi connectivity index (χ2v) is 6.35. The molecule has 10 heteroatoms. The highest BCUT2D eigenvalue weighted by molar-refractivity contribution is 6.30. The number of alkyl halides is 3. The van der Waals surface area contributed by atoms with Crippen molar-refractivity contribution in [3.63, 3.8) is 0 Å². The van der Waals surface area contributed by atoms with E-state index in [0.29, 0.717) is 10.6 Å². The topological polar surface area (TPSA) is 77.0 Å². The van der Waals surface area contributed by atoms with Gasteiger partial charge in [0, 0.05) is 23.0 Å². The van der Waals surface area contributed by atoms with E-state index in [0.717, 1.165) is 13.1 Å². The molecule has 1 atom stereocenters. The van der Waals surface area contributed by atoms with Gasteiger partial charge in [0.15, 0.2) is 11.9 Å². The molecule has 1 amide bonds. The number of rotatable bonds is 5. The summed E-state index contributed by atoms with van der Waals surface area (Å²) in [5, 5.41) is 2.97. The molecule has 0 aliphatic carbocycles. The molecule has 1 aromatic carbocycles. The smallest absolute Gasteiger partial charge is 0.425 e. The van der Waals surface area contributed by atoms with Crippen LogP contribution in [0.1, 0.15) is 17.3 Å². The Balaban J connectivity index is 1.95. The van der Waals surface area contributed by atoms with Crippen molar-refractivity contribution in [2.24, 2.45) is 0 Å². The van der Waals surface area contributed by atoms with Crippen molar-refractivity contribution in [1.29, 1.82) is 0 Å². The molecule has 0 saturated heterocycles. The molecule has 0 fully saturated rings. The largest absolute Gasteiger partial charge is 0.463 e. The molecule has 6 nitrogen and oxygen atoms in total. The Hall–Kier alpha value is -3.20. The lowest BCUT2D eigenvalue weighted by Crippen LogP contribution is -2.31. The van der Waals surface area contributed by atoms with E-state index < -0.39 is 18.2 Å². The van der Waals surface area contributed by atoms with Gasteiger partial charge in [0.1, 0.15) is 5.69 Å². The minimum absolute atomic E-state index is 0.0294. The maximum atomic E-state index is 12.9. The number of amides is 1. The molecule has 2 heterocycles. The number of carbonyl (C=O) groups excluding carboxylic acids is 1. The Morgan fingerprint density at radius 3 is 2.52 bits per heavy atom. The first-order chi connectivity index (χ1) is 13.7. The van der Waals surface area contributed by atoms with Crippen molar-refractivity contribution in [2.45, 2.75) is 19.2 Å². The molecule has 0 spiro atoms. The number of anilines is 1. The highest BCUT2D eigenvalue weighted by Gasteiger charge is 2.39. The molecule has 0 radical (unpaired) electrons. The van der Waals surface area contributed by atoms with Crippen LogP contribution in [-0.2, 0) is 0 Å². The van der Waals surface area contributed by atoms with E-state index >= 15 is 0 Å². The lowest BCUT2D eigenvalue weighted by molar-refractivity contribution is -0.189. The van der Waals surface area contributed by atoms with Gasteiger partial charge in [-0.25, -0.2) is 9.97 Å². The lowest BCUT2D eigenvalue weighted by Gasteiger charge is -2.19. The van der Waals surface area contributed by atoms with E-state index in [2.05, 4.69) is 20.3 Å². The van der Waals surface area contributed by atoms with Crippen LogP contribution >= 0.6 is 11.6 Å². The van der Waals surface area contributed by atoms with Crippen LogP contribution in [-0.4, -0.2) is 33.1 Å². The fourth-order valence-electron chi connectivity index (χ4n) is 2.24. The molecule has 2 aromatic heterocycles. The van der Waals surface area contributed by atoms with Crippen molar-refractivity contribution >= 4 is 23.3 Å². The van der Waals surface area contributed by atoms with E-state index in [1.165, 1.54) is 12.4 Å². The summed E-state index contributed by atoms with van der Waals surface area (Å²) in [5.74, 6) is -0.779. The number of nitrogens with one attached hydrogen (secondary N) is 1. The number of halogens is 4. The van der Waals surface area contributed by atoms with Gasteiger partial charge in [-0.05, 0) is 31.2 Å². The number of carbonyl (C=O) groups is 1. The maximum Gasteiger partial charge on any atom is 0.425 e. The van der Waals surface area contributed by atoms with E-state index in [-0.39, 0.29) is 23.0 Å². The Kier molecular flexibility index (Phi) is 5.97. The summed E-state index contributed by atoms with van der Waals surface area (Å²) in [6.07, 6.45) is -2.68. The molecule has 1 unspecified atom stereocenters. The summed E-state index contributed by atoms with van der Waals surface area (Å²) in [4.78, 5) is 24.3. The number of benzene rings is 1. The maximum absolute atomic E-state index is 12.9. The van der Waals surface area contributed by atoms with Crippen molar-refractivity contribution in [3.05, 3.63) is 65.6 Å². The van der Waals surface area contributed by atoms with Crippen LogP contribution in [0, 0.1) is 0 Å². The Morgan fingerprint density at radius 2 is 1.90 bits per heavy atom. The van der Waals surface area contributed by atoms with Crippen LogP contribution in [0.5, 0.6) is 5.88 Å². The van der Waals surface area contributed by atoms with Crippen LogP contribution in [0.25, 0.3) is 11.3 Å². The summed E-state index contributed by atoms with van der Waals surface area (Å²) in [6, 6.07) is 9.37. The van der Waals surface area contributed by atoms with Gasteiger partial charge in [0.25, 0.3) is 5.91 Å². The van der Waals surface area contributed by atoms with Gasteiger partial charge in [-0.1, -0.05) is 23.7 Å². The average Bonchev–Trinajstić information content (AvgIpc) is 2.69. The zero-order valence-corrected chi connectivity index (χ0v) is 15.7. The van der Waals surface area contributed by atoms with Crippen molar-refractivity contribution in [2.75, 3.05) is 5.32 Å².